The van der Waals surface area contributed by atoms with Crippen molar-refractivity contribution in [2.75, 3.05) is 6.54 Å². The highest BCUT2D eigenvalue weighted by Gasteiger charge is 2.26. The number of rotatable bonds is 9. The first-order chi connectivity index (χ1) is 11.1. The van der Waals surface area contributed by atoms with Crippen LogP contribution < -0.4 is 15.8 Å². The summed E-state index contributed by atoms with van der Waals surface area (Å²) in [6.07, 6.45) is 1.44. The van der Waals surface area contributed by atoms with E-state index < -0.39 is 15.6 Å². The Bertz CT molecular complexity index is 644. The number of benzene rings is 1. The van der Waals surface area contributed by atoms with Crippen LogP contribution in [0.15, 0.2) is 29.2 Å². The van der Waals surface area contributed by atoms with Gasteiger partial charge in [-0.3, -0.25) is 4.79 Å². The van der Waals surface area contributed by atoms with Crippen molar-refractivity contribution in [2.45, 2.75) is 57.5 Å². The maximum absolute atomic E-state index is 12.1. The van der Waals surface area contributed by atoms with E-state index in [0.29, 0.717) is 19.5 Å². The van der Waals surface area contributed by atoms with Crippen LogP contribution in [0.25, 0.3) is 0 Å². The second kappa shape index (κ2) is 10.1. The Morgan fingerprint density at radius 3 is 2.28 bits per heavy atom. The van der Waals surface area contributed by atoms with Crippen LogP contribution in [0.5, 0.6) is 0 Å². The molecule has 25 heavy (non-hydrogen) atoms. The van der Waals surface area contributed by atoms with Gasteiger partial charge in [-0.1, -0.05) is 39.3 Å². The molecule has 0 aliphatic heterocycles. The Hall–Kier alpha value is -1.15. The first-order valence-corrected chi connectivity index (χ1v) is 9.72. The Morgan fingerprint density at radius 1 is 1.24 bits per heavy atom. The van der Waals surface area contributed by atoms with E-state index in [9.17, 15) is 13.2 Å². The van der Waals surface area contributed by atoms with Crippen molar-refractivity contribution in [2.24, 2.45) is 11.7 Å². The Kier molecular flexibility index (Phi) is 9.64. The molecule has 0 saturated carbocycles. The van der Waals surface area contributed by atoms with Crippen molar-refractivity contribution in [3.05, 3.63) is 29.8 Å². The zero-order chi connectivity index (χ0) is 18.4. The molecule has 1 aromatic rings. The number of hydrogen-bond donors (Lipinski definition) is 3. The lowest BCUT2D eigenvalue weighted by Gasteiger charge is -2.22. The third-order valence-corrected chi connectivity index (χ3v) is 5.10. The van der Waals surface area contributed by atoms with E-state index in [1.807, 2.05) is 20.8 Å². The zero-order valence-corrected chi connectivity index (χ0v) is 17.0. The Balaban J connectivity index is 0.00000576. The van der Waals surface area contributed by atoms with Crippen LogP contribution in [-0.2, 0) is 21.4 Å². The van der Waals surface area contributed by atoms with Crippen LogP contribution in [-0.4, -0.2) is 26.4 Å². The van der Waals surface area contributed by atoms with Crippen molar-refractivity contribution < 1.29 is 13.2 Å². The molecule has 0 fully saturated rings. The molecule has 4 N–H and O–H groups in total. The number of sulfonamides is 1. The van der Waals surface area contributed by atoms with Crippen LogP contribution in [0, 0.1) is 5.92 Å². The van der Waals surface area contributed by atoms with Gasteiger partial charge in [0.25, 0.3) is 0 Å². The largest absolute Gasteiger partial charge is 0.350 e. The SMILES string of the molecule is CCCC(C)(N)C(=O)NCc1ccc(S(=O)(=O)NCC(C)C)cc1.Cl. The predicted octanol–water partition coefficient (Wildman–Crippen LogP) is 2.18. The maximum atomic E-state index is 12.1. The van der Waals surface area contributed by atoms with E-state index in [1.54, 1.807) is 19.1 Å². The van der Waals surface area contributed by atoms with Gasteiger partial charge in [-0.05, 0) is 37.0 Å². The summed E-state index contributed by atoms with van der Waals surface area (Å²) in [5.41, 5.74) is 5.90. The molecule has 0 aromatic heterocycles. The minimum atomic E-state index is -3.49. The maximum Gasteiger partial charge on any atom is 0.240 e. The van der Waals surface area contributed by atoms with E-state index >= 15 is 0 Å². The molecular weight excluding hydrogens is 362 g/mol. The summed E-state index contributed by atoms with van der Waals surface area (Å²) < 4.78 is 26.8. The number of halogens is 1. The van der Waals surface area contributed by atoms with Gasteiger partial charge in [0.1, 0.15) is 0 Å². The zero-order valence-electron chi connectivity index (χ0n) is 15.3. The molecular formula is C17H30ClN3O3S. The molecule has 1 amide bonds. The number of carbonyl (C=O) groups is 1. The topological polar surface area (TPSA) is 101 Å². The molecule has 0 bridgehead atoms. The lowest BCUT2D eigenvalue weighted by Crippen LogP contribution is -2.51. The predicted molar refractivity (Wildman–Crippen MR) is 103 cm³/mol. The minimum absolute atomic E-state index is 0. The minimum Gasteiger partial charge on any atom is -0.350 e. The van der Waals surface area contributed by atoms with Gasteiger partial charge in [-0.25, -0.2) is 13.1 Å². The van der Waals surface area contributed by atoms with Gasteiger partial charge >= 0.3 is 0 Å². The smallest absolute Gasteiger partial charge is 0.240 e. The van der Waals surface area contributed by atoms with Gasteiger partial charge in [-0.2, -0.15) is 0 Å². The summed E-state index contributed by atoms with van der Waals surface area (Å²) in [5.74, 6) is 0.0302. The molecule has 0 saturated heterocycles. The second-order valence-corrected chi connectivity index (χ2v) is 8.51. The standard InChI is InChI=1S/C17H29N3O3S.ClH/c1-5-10-17(4,18)16(21)19-12-14-6-8-15(9-7-14)24(22,23)20-11-13(2)3;/h6-9,13,20H,5,10-12,18H2,1-4H3,(H,19,21);1H. The third-order valence-electron chi connectivity index (χ3n) is 3.66. The van der Waals surface area contributed by atoms with Crippen LogP contribution in [0.3, 0.4) is 0 Å². The van der Waals surface area contributed by atoms with E-state index in [-0.39, 0.29) is 29.1 Å². The van der Waals surface area contributed by atoms with Crippen molar-refractivity contribution in [1.29, 1.82) is 0 Å². The van der Waals surface area contributed by atoms with Gasteiger partial charge in [0.2, 0.25) is 15.9 Å². The highest BCUT2D eigenvalue weighted by Crippen LogP contribution is 2.12. The Morgan fingerprint density at radius 2 is 1.80 bits per heavy atom. The fourth-order valence-electron chi connectivity index (χ4n) is 2.16. The molecule has 1 atom stereocenters. The fourth-order valence-corrected chi connectivity index (χ4v) is 3.38. The molecule has 8 heteroatoms. The number of hydrogen-bond acceptors (Lipinski definition) is 4. The van der Waals surface area contributed by atoms with Gasteiger partial charge in [0.05, 0.1) is 10.4 Å². The number of nitrogens with two attached hydrogens (primary N) is 1. The molecule has 0 heterocycles. The van der Waals surface area contributed by atoms with Gasteiger partial charge in [0, 0.05) is 13.1 Å². The van der Waals surface area contributed by atoms with Crippen LogP contribution in [0.2, 0.25) is 0 Å². The third kappa shape index (κ3) is 7.73. The summed E-state index contributed by atoms with van der Waals surface area (Å²) in [4.78, 5) is 12.3. The first-order valence-electron chi connectivity index (χ1n) is 8.24. The number of carbonyl (C=O) groups excluding carboxylic acids is 1. The fraction of sp³-hybridized carbons (Fsp3) is 0.588. The molecule has 1 aromatic carbocycles. The van der Waals surface area contributed by atoms with Crippen LogP contribution in [0.4, 0.5) is 0 Å². The quantitative estimate of drug-likeness (QED) is 0.600. The lowest BCUT2D eigenvalue weighted by molar-refractivity contribution is -0.126. The van der Waals surface area contributed by atoms with Gasteiger partial charge in [-0.15, -0.1) is 12.4 Å². The number of amides is 1. The highest BCUT2D eigenvalue weighted by molar-refractivity contribution is 7.89. The summed E-state index contributed by atoms with van der Waals surface area (Å²) >= 11 is 0. The average molecular weight is 392 g/mol. The highest BCUT2D eigenvalue weighted by atomic mass is 35.5. The summed E-state index contributed by atoms with van der Waals surface area (Å²) in [6.45, 7) is 8.28. The summed E-state index contributed by atoms with van der Waals surface area (Å²) in [5, 5.41) is 2.79. The van der Waals surface area contributed by atoms with Crippen molar-refractivity contribution in [1.82, 2.24) is 10.0 Å². The molecule has 0 radical (unpaired) electrons. The molecule has 1 rings (SSSR count). The van der Waals surface area contributed by atoms with E-state index in [1.165, 1.54) is 12.1 Å². The van der Waals surface area contributed by atoms with Crippen LogP contribution >= 0.6 is 12.4 Å². The molecule has 0 aliphatic rings. The second-order valence-electron chi connectivity index (χ2n) is 6.74. The van der Waals surface area contributed by atoms with Crippen molar-refractivity contribution >= 4 is 28.3 Å². The summed E-state index contributed by atoms with van der Waals surface area (Å²) in [7, 11) is -3.49. The average Bonchev–Trinajstić information content (AvgIpc) is 2.51. The van der Waals surface area contributed by atoms with E-state index in [4.69, 9.17) is 5.73 Å². The summed E-state index contributed by atoms with van der Waals surface area (Å²) in [6, 6.07) is 6.46. The molecule has 0 aliphatic carbocycles. The van der Waals surface area contributed by atoms with E-state index in [0.717, 1.165) is 12.0 Å². The van der Waals surface area contributed by atoms with Gasteiger partial charge < -0.3 is 11.1 Å². The van der Waals surface area contributed by atoms with E-state index in [2.05, 4.69) is 10.0 Å². The molecule has 0 spiro atoms. The monoisotopic (exact) mass is 391 g/mol. The van der Waals surface area contributed by atoms with Gasteiger partial charge in [0.15, 0.2) is 0 Å². The molecule has 6 nitrogen and oxygen atoms in total. The number of nitrogens with one attached hydrogen (secondary N) is 2. The first kappa shape index (κ1) is 23.9. The Labute approximate surface area is 157 Å². The van der Waals surface area contributed by atoms with Crippen LogP contribution in [0.1, 0.15) is 46.1 Å². The van der Waals surface area contributed by atoms with Crippen molar-refractivity contribution in [3.63, 3.8) is 0 Å². The lowest BCUT2D eigenvalue weighted by atomic mass is 9.96. The van der Waals surface area contributed by atoms with Crippen molar-refractivity contribution in [3.8, 4) is 0 Å². The normalized spacial score (nSPS) is 13.8. The molecule has 144 valence electrons. The molecule has 1 unspecified atom stereocenters.